The zero-order chi connectivity index (χ0) is 25.8. The maximum Gasteiger partial charge on any atom is 0.308 e. The molecule has 6 heteroatoms. The van der Waals surface area contributed by atoms with E-state index in [4.69, 9.17) is 9.47 Å². The molecule has 3 aliphatic rings. The maximum atomic E-state index is 12.9. The first-order valence-electron chi connectivity index (χ1n) is 13.6. The molecule has 196 valence electrons. The van der Waals surface area contributed by atoms with Crippen molar-refractivity contribution in [3.05, 3.63) is 65.7 Å². The van der Waals surface area contributed by atoms with Gasteiger partial charge in [0.15, 0.2) is 0 Å². The number of methoxy groups -OCH3 is 1. The molecule has 3 atom stereocenters. The minimum absolute atomic E-state index is 0.0388. The Morgan fingerprint density at radius 3 is 2.68 bits per heavy atom. The van der Waals surface area contributed by atoms with E-state index in [1.807, 2.05) is 42.5 Å². The second-order valence-electron chi connectivity index (χ2n) is 11.0. The van der Waals surface area contributed by atoms with Gasteiger partial charge in [0.05, 0.1) is 7.11 Å². The molecule has 0 spiro atoms. The van der Waals surface area contributed by atoms with Gasteiger partial charge in [-0.2, -0.15) is 0 Å². The molecule has 0 aromatic heterocycles. The van der Waals surface area contributed by atoms with Crippen LogP contribution in [0.1, 0.15) is 56.6 Å². The van der Waals surface area contributed by atoms with Crippen LogP contribution in [0.15, 0.2) is 54.6 Å². The Bertz CT molecular complexity index is 1160. The first-order chi connectivity index (χ1) is 17.9. The second kappa shape index (κ2) is 11.1. The third-order valence-corrected chi connectivity index (χ3v) is 8.36. The molecule has 1 aliphatic heterocycles. The summed E-state index contributed by atoms with van der Waals surface area (Å²) in [5.41, 5.74) is 2.12. The number of hydrogen-bond acceptors (Lipinski definition) is 5. The molecule has 1 saturated heterocycles. The van der Waals surface area contributed by atoms with Crippen molar-refractivity contribution < 1.29 is 19.1 Å². The summed E-state index contributed by atoms with van der Waals surface area (Å²) in [6.45, 7) is 4.83. The van der Waals surface area contributed by atoms with E-state index in [2.05, 4.69) is 22.3 Å². The van der Waals surface area contributed by atoms with Crippen molar-refractivity contribution in [3.63, 3.8) is 0 Å². The Kier molecular flexibility index (Phi) is 7.65. The molecule has 2 aromatic carbocycles. The van der Waals surface area contributed by atoms with Crippen LogP contribution in [0, 0.1) is 11.8 Å². The highest BCUT2D eigenvalue weighted by atomic mass is 16.5. The summed E-state index contributed by atoms with van der Waals surface area (Å²) in [6.07, 6.45) is 10.2. The molecule has 0 bridgehead atoms. The largest absolute Gasteiger partial charge is 0.497 e. The molecule has 2 aromatic rings. The quantitative estimate of drug-likeness (QED) is 0.314. The maximum absolute atomic E-state index is 12.9. The highest BCUT2D eigenvalue weighted by molar-refractivity contribution is 5.92. The van der Waals surface area contributed by atoms with E-state index in [1.165, 1.54) is 31.9 Å². The van der Waals surface area contributed by atoms with Gasteiger partial charge in [-0.3, -0.25) is 9.59 Å². The lowest BCUT2D eigenvalue weighted by Crippen LogP contribution is -2.56. The van der Waals surface area contributed by atoms with Crippen LogP contribution < -0.4 is 14.8 Å². The zero-order valence-corrected chi connectivity index (χ0v) is 21.9. The fourth-order valence-electron chi connectivity index (χ4n) is 6.37. The summed E-state index contributed by atoms with van der Waals surface area (Å²) in [4.78, 5) is 27.2. The zero-order valence-electron chi connectivity index (χ0n) is 21.9. The van der Waals surface area contributed by atoms with Crippen LogP contribution >= 0.6 is 0 Å². The number of nitrogens with zero attached hydrogens (tertiary/aromatic N) is 1. The van der Waals surface area contributed by atoms with Crippen molar-refractivity contribution in [1.82, 2.24) is 10.2 Å². The highest BCUT2D eigenvalue weighted by Crippen LogP contribution is 2.50. The molecule has 1 heterocycles. The van der Waals surface area contributed by atoms with E-state index < -0.39 is 0 Å². The van der Waals surface area contributed by atoms with E-state index in [0.717, 1.165) is 56.0 Å². The van der Waals surface area contributed by atoms with Gasteiger partial charge >= 0.3 is 5.97 Å². The number of nitrogens with one attached hydrogen (secondary N) is 1. The van der Waals surface area contributed by atoms with Gasteiger partial charge in [0.2, 0.25) is 5.91 Å². The van der Waals surface area contributed by atoms with Crippen LogP contribution in [0.2, 0.25) is 0 Å². The molecule has 0 radical (unpaired) electrons. The van der Waals surface area contributed by atoms with Crippen molar-refractivity contribution in [1.29, 1.82) is 0 Å². The second-order valence-corrected chi connectivity index (χ2v) is 11.0. The van der Waals surface area contributed by atoms with E-state index in [0.29, 0.717) is 11.7 Å². The first-order valence-corrected chi connectivity index (χ1v) is 13.6. The Morgan fingerprint density at radius 1 is 1.08 bits per heavy atom. The first kappa shape index (κ1) is 25.5. The molecule has 2 aliphatic carbocycles. The molecule has 2 saturated carbocycles. The van der Waals surface area contributed by atoms with Crippen LogP contribution in [-0.2, 0) is 15.0 Å². The van der Waals surface area contributed by atoms with Crippen LogP contribution in [0.4, 0.5) is 0 Å². The molecule has 1 N–H and O–H groups in total. The lowest BCUT2D eigenvalue weighted by molar-refractivity contribution is -0.131. The monoisotopic (exact) mass is 502 g/mol. The molecule has 1 amide bonds. The number of rotatable bonds is 8. The number of amides is 1. The number of likely N-dealkylation sites (tertiary alicyclic amines) is 1. The predicted molar refractivity (Wildman–Crippen MR) is 145 cm³/mol. The van der Waals surface area contributed by atoms with Gasteiger partial charge in [-0.25, -0.2) is 0 Å². The fraction of sp³-hybridized carbons (Fsp3) is 0.484. The van der Waals surface area contributed by atoms with Gasteiger partial charge < -0.3 is 19.7 Å². The molecular weight excluding hydrogens is 464 g/mol. The molecule has 6 nitrogen and oxygen atoms in total. The Balaban J connectivity index is 1.32. The minimum Gasteiger partial charge on any atom is -0.497 e. The fourth-order valence-corrected chi connectivity index (χ4v) is 6.37. The lowest BCUT2D eigenvalue weighted by Gasteiger charge is -2.53. The van der Waals surface area contributed by atoms with Gasteiger partial charge in [0, 0.05) is 37.5 Å². The number of benzene rings is 2. The number of hydrogen-bond donors (Lipinski definition) is 1. The third-order valence-electron chi connectivity index (χ3n) is 8.36. The number of piperidine rings is 1. The summed E-state index contributed by atoms with van der Waals surface area (Å²) < 4.78 is 10.7. The number of carbonyl (C=O) groups is 2. The minimum atomic E-state index is -0.304. The van der Waals surface area contributed by atoms with E-state index in [9.17, 15) is 9.59 Å². The van der Waals surface area contributed by atoms with Crippen molar-refractivity contribution in [3.8, 4) is 11.5 Å². The van der Waals surface area contributed by atoms with E-state index in [-0.39, 0.29) is 23.3 Å². The average Bonchev–Trinajstić information content (AvgIpc) is 3.71. The third kappa shape index (κ3) is 6.24. The number of carbonyl (C=O) groups excluding carboxylic acids is 2. The van der Waals surface area contributed by atoms with Crippen LogP contribution in [-0.4, -0.2) is 49.6 Å². The number of fused-ring (bicyclic) bond motifs is 1. The van der Waals surface area contributed by atoms with E-state index in [1.54, 1.807) is 13.2 Å². The lowest BCUT2D eigenvalue weighted by atomic mass is 9.58. The Morgan fingerprint density at radius 2 is 1.89 bits per heavy atom. The van der Waals surface area contributed by atoms with Gasteiger partial charge in [-0.05, 0) is 98.4 Å². The number of esters is 1. The van der Waals surface area contributed by atoms with E-state index >= 15 is 0 Å². The van der Waals surface area contributed by atoms with Crippen molar-refractivity contribution in [2.24, 2.45) is 11.8 Å². The molecule has 3 fully saturated rings. The summed E-state index contributed by atoms with van der Waals surface area (Å²) >= 11 is 0. The Labute approximate surface area is 220 Å². The van der Waals surface area contributed by atoms with Crippen LogP contribution in [0.3, 0.4) is 0 Å². The standard InChI is InChI=1S/C31H38N2O4/c1-22(34)37-29-8-4-6-25(18-29)31-15-16-33(20-24-9-10-24)21-26(31)12-13-27(19-31)32-30(35)14-11-23-5-3-7-28(17-23)36-2/h3-8,11,14,17-18,24,26-27H,9-10,12-13,15-16,19-21H2,1-2H3,(H,32,35). The topological polar surface area (TPSA) is 67.9 Å². The van der Waals surface area contributed by atoms with Crippen molar-refractivity contribution >= 4 is 18.0 Å². The van der Waals surface area contributed by atoms with Crippen molar-refractivity contribution in [2.45, 2.75) is 56.9 Å². The molecule has 5 rings (SSSR count). The molecule has 37 heavy (non-hydrogen) atoms. The van der Waals surface area contributed by atoms with Crippen LogP contribution in [0.5, 0.6) is 11.5 Å². The SMILES string of the molecule is COc1cccc(C=CC(=O)NC2CCC3CN(CC4CC4)CCC3(c3cccc(OC(C)=O)c3)C2)c1. The van der Waals surface area contributed by atoms with Gasteiger partial charge in [0.1, 0.15) is 11.5 Å². The predicted octanol–water partition coefficient (Wildman–Crippen LogP) is 4.97. The summed E-state index contributed by atoms with van der Waals surface area (Å²) in [5.74, 6) is 2.40. The normalized spacial score (nSPS) is 25.9. The average molecular weight is 503 g/mol. The van der Waals surface area contributed by atoms with Crippen LogP contribution in [0.25, 0.3) is 6.08 Å². The Hall–Kier alpha value is -3.12. The summed E-state index contributed by atoms with van der Waals surface area (Å²) in [6, 6.07) is 15.9. The number of ether oxygens (including phenoxy) is 2. The summed E-state index contributed by atoms with van der Waals surface area (Å²) in [7, 11) is 1.64. The van der Waals surface area contributed by atoms with Gasteiger partial charge in [-0.1, -0.05) is 24.3 Å². The van der Waals surface area contributed by atoms with Crippen molar-refractivity contribution in [2.75, 3.05) is 26.7 Å². The van der Waals surface area contributed by atoms with Gasteiger partial charge in [-0.15, -0.1) is 0 Å². The highest BCUT2D eigenvalue weighted by Gasteiger charge is 2.48. The smallest absolute Gasteiger partial charge is 0.308 e. The molecule has 3 unspecified atom stereocenters. The summed E-state index contributed by atoms with van der Waals surface area (Å²) in [5, 5.41) is 3.29. The molecular formula is C31H38N2O4. The van der Waals surface area contributed by atoms with Gasteiger partial charge in [0.25, 0.3) is 0 Å².